The van der Waals surface area contributed by atoms with Crippen LogP contribution in [0.4, 0.5) is 11.4 Å². The molecule has 7 nitrogen and oxygen atoms in total. The van der Waals surface area contributed by atoms with Crippen LogP contribution in [0.5, 0.6) is 0 Å². The summed E-state index contributed by atoms with van der Waals surface area (Å²) in [6, 6.07) is 15.7. The second-order valence-corrected chi connectivity index (χ2v) is 9.69. The largest absolute Gasteiger partial charge is 0.366 e. The zero-order valence-corrected chi connectivity index (χ0v) is 22.3. The van der Waals surface area contributed by atoms with E-state index >= 15 is 0 Å². The predicted octanol–water partition coefficient (Wildman–Crippen LogP) is 6.34. The highest BCUT2D eigenvalue weighted by molar-refractivity contribution is 6.41. The van der Waals surface area contributed by atoms with Crippen molar-refractivity contribution in [1.29, 1.82) is 0 Å². The molecule has 0 atom stereocenters. The van der Waals surface area contributed by atoms with Crippen molar-refractivity contribution < 1.29 is 14.4 Å². The summed E-state index contributed by atoms with van der Waals surface area (Å²) in [6.45, 7) is 9.49. The summed E-state index contributed by atoms with van der Waals surface area (Å²) in [5.41, 5.74) is 7.92. The van der Waals surface area contributed by atoms with Gasteiger partial charge < -0.3 is 5.73 Å². The Labute approximate surface area is 221 Å². The highest BCUT2D eigenvalue weighted by Gasteiger charge is 2.30. The lowest BCUT2D eigenvalue weighted by Gasteiger charge is -2.22. The fourth-order valence-electron chi connectivity index (χ4n) is 3.89. The van der Waals surface area contributed by atoms with E-state index in [9.17, 15) is 14.4 Å². The van der Waals surface area contributed by atoms with Crippen molar-refractivity contribution in [3.05, 3.63) is 88.2 Å². The van der Waals surface area contributed by atoms with Crippen LogP contribution in [0.25, 0.3) is 0 Å². The van der Waals surface area contributed by atoms with Crippen molar-refractivity contribution >= 4 is 52.6 Å². The van der Waals surface area contributed by atoms with Crippen molar-refractivity contribution in [1.82, 2.24) is 4.98 Å². The van der Waals surface area contributed by atoms with Gasteiger partial charge in [0.15, 0.2) is 0 Å². The zero-order valence-electron chi connectivity index (χ0n) is 20.8. The molecule has 2 N–H and O–H groups in total. The molecule has 188 valence electrons. The summed E-state index contributed by atoms with van der Waals surface area (Å²) in [5.74, 6) is -2.15. The number of aryl methyl sites for hydroxylation is 1. The van der Waals surface area contributed by atoms with Gasteiger partial charge in [0.2, 0.25) is 0 Å². The van der Waals surface area contributed by atoms with Gasteiger partial charge in [-0.15, -0.1) is 0 Å². The highest BCUT2D eigenvalue weighted by atomic mass is 35.5. The van der Waals surface area contributed by atoms with Gasteiger partial charge in [0.05, 0.1) is 16.9 Å². The third kappa shape index (κ3) is 5.37. The van der Waals surface area contributed by atoms with Gasteiger partial charge in [-0.3, -0.25) is 14.4 Å². The Kier molecular flexibility index (Phi) is 8.38. The van der Waals surface area contributed by atoms with Crippen molar-refractivity contribution in [3.63, 3.8) is 0 Å². The van der Waals surface area contributed by atoms with Gasteiger partial charge in [0.1, 0.15) is 11.4 Å². The molecule has 0 saturated carbocycles. The topological polar surface area (TPSA) is 96.6 Å². The highest BCUT2D eigenvalue weighted by Crippen LogP contribution is 2.32. The number of anilines is 2. The molecule has 3 amide bonds. The molecular weight excluding hydrogens is 499 g/mol. The molecule has 0 bridgehead atoms. The molecule has 0 spiro atoms. The van der Waals surface area contributed by atoms with Crippen molar-refractivity contribution in [3.8, 4) is 0 Å². The first-order valence-electron chi connectivity index (χ1n) is 11.4. The minimum Gasteiger partial charge on any atom is -0.366 e. The van der Waals surface area contributed by atoms with Crippen LogP contribution in [0.1, 0.15) is 87.6 Å². The lowest BCUT2D eigenvalue weighted by atomic mass is 10.0. The van der Waals surface area contributed by atoms with Crippen LogP contribution in [0.2, 0.25) is 0 Å². The molecule has 3 aromatic rings. The molecule has 2 aromatic carbocycles. The van der Waals surface area contributed by atoms with E-state index < -0.39 is 17.7 Å². The Hall–Kier alpha value is -3.42. The van der Waals surface area contributed by atoms with Gasteiger partial charge in [-0.2, -0.15) is 0 Å². The van der Waals surface area contributed by atoms with E-state index in [-0.39, 0.29) is 28.8 Å². The second kappa shape index (κ2) is 11.1. The van der Waals surface area contributed by atoms with E-state index in [1.54, 1.807) is 31.2 Å². The third-order valence-corrected chi connectivity index (χ3v) is 6.45. The number of nitrogens with zero attached hydrogens (tertiary/aromatic N) is 3. The van der Waals surface area contributed by atoms with Gasteiger partial charge in [0.25, 0.3) is 17.7 Å². The summed E-state index contributed by atoms with van der Waals surface area (Å²) in [5, 5.41) is 0. The van der Waals surface area contributed by atoms with Crippen molar-refractivity contribution in [2.24, 2.45) is 5.73 Å². The first kappa shape index (κ1) is 27.2. The number of carbonyl (C=O) groups excluding carboxylic acids is 3. The van der Waals surface area contributed by atoms with Gasteiger partial charge >= 0.3 is 0 Å². The SMILES string of the molecule is Cc1cc(C(N)=O)c(C(=O)N(Cl)c2ccccc2C(C)C)nc1C(=O)N(Cl)c1ccccc1C(C)C. The van der Waals surface area contributed by atoms with Crippen LogP contribution in [0, 0.1) is 6.92 Å². The average Bonchev–Trinajstić information content (AvgIpc) is 2.86. The maximum Gasteiger partial charge on any atom is 0.292 e. The maximum atomic E-state index is 13.5. The number of rotatable bonds is 7. The number of para-hydroxylation sites is 2. The van der Waals surface area contributed by atoms with Crippen LogP contribution in [-0.4, -0.2) is 22.7 Å². The zero-order chi connectivity index (χ0) is 26.7. The van der Waals surface area contributed by atoms with Gasteiger partial charge in [-0.25, -0.2) is 13.8 Å². The molecule has 0 radical (unpaired) electrons. The molecule has 0 aliphatic carbocycles. The summed E-state index contributed by atoms with van der Waals surface area (Å²) in [7, 11) is 0. The summed E-state index contributed by atoms with van der Waals surface area (Å²) in [6.07, 6.45) is 0. The van der Waals surface area contributed by atoms with Crippen LogP contribution in [-0.2, 0) is 0 Å². The van der Waals surface area contributed by atoms with E-state index in [2.05, 4.69) is 4.98 Å². The first-order valence-corrected chi connectivity index (χ1v) is 12.1. The summed E-state index contributed by atoms with van der Waals surface area (Å²) >= 11 is 13.0. The van der Waals surface area contributed by atoms with E-state index in [1.165, 1.54) is 6.07 Å². The number of hydrogen-bond donors (Lipinski definition) is 1. The number of halogens is 2. The molecular formula is C27H28Cl2N4O3. The molecule has 0 fully saturated rings. The molecule has 0 saturated heterocycles. The number of benzene rings is 2. The van der Waals surface area contributed by atoms with E-state index in [0.717, 1.165) is 20.0 Å². The molecule has 9 heteroatoms. The number of primary amides is 1. The van der Waals surface area contributed by atoms with Crippen LogP contribution in [0.15, 0.2) is 54.6 Å². The molecule has 3 rings (SSSR count). The minimum absolute atomic E-state index is 0.0693. The van der Waals surface area contributed by atoms with Gasteiger partial charge in [-0.05, 0) is 53.6 Å². The smallest absolute Gasteiger partial charge is 0.292 e. The number of hydrogen-bond acceptors (Lipinski definition) is 4. The van der Waals surface area contributed by atoms with E-state index in [1.807, 2.05) is 52.0 Å². The van der Waals surface area contributed by atoms with E-state index in [0.29, 0.717) is 16.9 Å². The van der Waals surface area contributed by atoms with Crippen LogP contribution < -0.4 is 14.6 Å². The fourth-order valence-corrected chi connectivity index (χ4v) is 4.36. The van der Waals surface area contributed by atoms with Gasteiger partial charge in [0, 0.05) is 23.6 Å². The summed E-state index contributed by atoms with van der Waals surface area (Å²) in [4.78, 5) is 43.4. The maximum absolute atomic E-state index is 13.5. The van der Waals surface area contributed by atoms with Crippen LogP contribution in [0.3, 0.4) is 0 Å². The van der Waals surface area contributed by atoms with Crippen molar-refractivity contribution in [2.45, 2.75) is 46.5 Å². The Morgan fingerprint density at radius 1 is 0.778 bits per heavy atom. The number of pyridine rings is 1. The third-order valence-electron chi connectivity index (χ3n) is 5.78. The number of nitrogens with two attached hydrogens (primary N) is 1. The average molecular weight is 527 g/mol. The first-order chi connectivity index (χ1) is 17.0. The number of carbonyl (C=O) groups is 3. The lowest BCUT2D eigenvalue weighted by molar-refractivity contribution is 0.0962. The predicted molar refractivity (Wildman–Crippen MR) is 144 cm³/mol. The number of aromatic nitrogens is 1. The lowest BCUT2D eigenvalue weighted by Crippen LogP contribution is -2.30. The van der Waals surface area contributed by atoms with Crippen molar-refractivity contribution in [2.75, 3.05) is 8.84 Å². The Morgan fingerprint density at radius 2 is 1.19 bits per heavy atom. The molecule has 0 aliphatic heterocycles. The monoisotopic (exact) mass is 526 g/mol. The van der Waals surface area contributed by atoms with E-state index in [4.69, 9.17) is 29.3 Å². The quantitative estimate of drug-likeness (QED) is 0.363. The van der Waals surface area contributed by atoms with Gasteiger partial charge in [-0.1, -0.05) is 64.1 Å². The molecule has 0 unspecified atom stereocenters. The Balaban J connectivity index is 2.10. The Morgan fingerprint density at radius 3 is 1.61 bits per heavy atom. The molecule has 0 aliphatic rings. The van der Waals surface area contributed by atoms with Crippen LogP contribution >= 0.6 is 23.6 Å². The summed E-state index contributed by atoms with van der Waals surface area (Å²) < 4.78 is 1.86. The fraction of sp³-hybridized carbons (Fsp3) is 0.259. The minimum atomic E-state index is -0.872. The number of amides is 3. The standard InChI is InChI=1S/C27H28Cl2N4O3/c1-15(2)18-10-6-8-12-21(18)32(28)26(35)23-17(5)14-20(25(30)34)24(31-23)27(36)33(29)22-13-9-7-11-19(22)16(3)4/h6-16H,1-5H3,(H2,30,34). The molecule has 1 heterocycles. The second-order valence-electron chi connectivity index (χ2n) is 9.01. The molecule has 36 heavy (non-hydrogen) atoms. The molecule has 1 aromatic heterocycles. The Bertz CT molecular complexity index is 1320. The normalized spacial score (nSPS) is 11.0.